The molecule has 2 bridgehead atoms. The van der Waals surface area contributed by atoms with E-state index in [0.29, 0.717) is 56.0 Å². The summed E-state index contributed by atoms with van der Waals surface area (Å²) in [5.41, 5.74) is 1.14. The highest BCUT2D eigenvalue weighted by Crippen LogP contribution is 2.60. The number of hydrogen-bond acceptors (Lipinski definition) is 5. The third kappa shape index (κ3) is 6.12. The standard InChI is InChI=1S/C35H41BrClN3O5/c1-4-17-38(22-24-14-8-6-9-15-24)32(42)27-28-33(43)40(19-10-7-11-20-41)31(35(28)21-25(36)30(27)45-35)34(44)39(18-5-2)29-23(3)13-12-16-26(29)37/h4-6,8-9,12-16,25,27-28,30-31,41H,1-2,7,10-11,17-22H2,3H3/t25?,27-,28-,30-,31?,35?/m0/s1. The number of unbranched alkanes of at least 4 members (excludes halogenated alkanes) is 2. The molecule has 0 aromatic heterocycles. The topological polar surface area (TPSA) is 90.4 Å². The van der Waals surface area contributed by atoms with Crippen LogP contribution in [0, 0.1) is 18.8 Å². The Morgan fingerprint density at radius 2 is 1.82 bits per heavy atom. The highest BCUT2D eigenvalue weighted by molar-refractivity contribution is 9.09. The number of rotatable bonds is 14. The highest BCUT2D eigenvalue weighted by Gasteiger charge is 2.76. The van der Waals surface area contributed by atoms with E-state index in [2.05, 4.69) is 29.1 Å². The van der Waals surface area contributed by atoms with Gasteiger partial charge in [-0.25, -0.2) is 0 Å². The van der Waals surface area contributed by atoms with Gasteiger partial charge in [-0.05, 0) is 49.8 Å². The van der Waals surface area contributed by atoms with E-state index in [0.717, 1.165) is 11.1 Å². The van der Waals surface area contributed by atoms with Crippen molar-refractivity contribution < 1.29 is 24.2 Å². The maximum atomic E-state index is 14.9. The fourth-order valence-electron chi connectivity index (χ4n) is 7.44. The number of carbonyl (C=O) groups excluding carboxylic acids is 3. The smallest absolute Gasteiger partial charge is 0.253 e. The Balaban J connectivity index is 1.56. The number of likely N-dealkylation sites (tertiary alicyclic amines) is 1. The van der Waals surface area contributed by atoms with Crippen molar-refractivity contribution in [3.05, 3.63) is 90.0 Å². The van der Waals surface area contributed by atoms with Crippen molar-refractivity contribution in [1.82, 2.24) is 9.80 Å². The molecule has 3 heterocycles. The number of aliphatic hydroxyl groups is 1. The molecule has 2 aromatic carbocycles. The number of aryl methyl sites for hydroxylation is 1. The summed E-state index contributed by atoms with van der Waals surface area (Å²) in [6.07, 6.45) is 5.04. The van der Waals surface area contributed by atoms with Gasteiger partial charge in [-0.15, -0.1) is 13.2 Å². The number of benzene rings is 2. The van der Waals surface area contributed by atoms with E-state index < -0.39 is 29.6 Å². The number of anilines is 1. The molecule has 8 nitrogen and oxygen atoms in total. The van der Waals surface area contributed by atoms with Crippen LogP contribution in [0.5, 0.6) is 0 Å². The molecule has 0 aliphatic carbocycles. The number of para-hydroxylation sites is 1. The lowest BCUT2D eigenvalue weighted by molar-refractivity contribution is -0.145. The van der Waals surface area contributed by atoms with Gasteiger partial charge < -0.3 is 24.5 Å². The first-order valence-electron chi connectivity index (χ1n) is 15.5. The van der Waals surface area contributed by atoms with Gasteiger partial charge in [0.05, 0.1) is 28.6 Å². The van der Waals surface area contributed by atoms with Crippen LogP contribution in [0.1, 0.15) is 36.8 Å². The second-order valence-electron chi connectivity index (χ2n) is 12.1. The largest absolute Gasteiger partial charge is 0.396 e. The Hall–Kier alpha value is -2.98. The van der Waals surface area contributed by atoms with Crippen LogP contribution < -0.4 is 4.90 Å². The summed E-state index contributed by atoms with van der Waals surface area (Å²) in [6.45, 7) is 10.9. The number of nitrogens with zero attached hydrogens (tertiary/aromatic N) is 3. The fourth-order valence-corrected chi connectivity index (χ4v) is 8.70. The Kier molecular flexibility index (Phi) is 10.5. The molecule has 0 saturated carbocycles. The number of ether oxygens (including phenoxy) is 1. The number of alkyl halides is 1. The molecule has 2 aromatic rings. The number of amides is 3. The molecule has 6 atom stereocenters. The summed E-state index contributed by atoms with van der Waals surface area (Å²) in [5.74, 6) is -2.34. The third-order valence-corrected chi connectivity index (χ3v) is 10.4. The van der Waals surface area contributed by atoms with Gasteiger partial charge >= 0.3 is 0 Å². The van der Waals surface area contributed by atoms with E-state index >= 15 is 0 Å². The molecule has 45 heavy (non-hydrogen) atoms. The molecule has 1 N–H and O–H groups in total. The number of hydrogen-bond donors (Lipinski definition) is 1. The summed E-state index contributed by atoms with van der Waals surface area (Å²) in [6, 6.07) is 14.2. The van der Waals surface area contributed by atoms with E-state index in [1.807, 2.05) is 49.4 Å². The first-order chi connectivity index (χ1) is 21.7. The van der Waals surface area contributed by atoms with Crippen LogP contribution in [-0.2, 0) is 25.7 Å². The lowest BCUT2D eigenvalue weighted by Gasteiger charge is -2.38. The van der Waals surface area contributed by atoms with Crippen molar-refractivity contribution in [2.24, 2.45) is 11.8 Å². The second kappa shape index (κ2) is 14.2. The third-order valence-electron chi connectivity index (χ3n) is 9.28. The van der Waals surface area contributed by atoms with E-state index in [1.165, 1.54) is 0 Å². The minimum atomic E-state index is -1.20. The molecule has 3 fully saturated rings. The Labute approximate surface area is 278 Å². The van der Waals surface area contributed by atoms with Crippen molar-refractivity contribution in [3.8, 4) is 0 Å². The first kappa shape index (κ1) is 33.4. The SMILES string of the molecule is C=CCN(Cc1ccccc1)C(=O)[C@H]1[C@H]2C(=O)N(CCCCCO)C(C(=O)N(CC=C)c3c(C)cccc3Cl)C23CC(Br)[C@@H]1O3. The molecule has 5 rings (SSSR count). The van der Waals surface area contributed by atoms with Gasteiger partial charge in [-0.3, -0.25) is 14.4 Å². The summed E-state index contributed by atoms with van der Waals surface area (Å²) >= 11 is 10.5. The minimum absolute atomic E-state index is 0.0505. The maximum absolute atomic E-state index is 14.9. The minimum Gasteiger partial charge on any atom is -0.396 e. The average molecular weight is 699 g/mol. The zero-order valence-corrected chi connectivity index (χ0v) is 28.0. The van der Waals surface area contributed by atoms with Crippen LogP contribution in [0.2, 0.25) is 5.02 Å². The molecule has 0 radical (unpaired) electrons. The van der Waals surface area contributed by atoms with Crippen molar-refractivity contribution >= 4 is 50.9 Å². The number of halogens is 2. The molecule has 3 aliphatic rings. The average Bonchev–Trinajstić information content (AvgIpc) is 3.61. The van der Waals surface area contributed by atoms with Gasteiger partial charge in [0, 0.05) is 37.6 Å². The van der Waals surface area contributed by atoms with Gasteiger partial charge in [0.1, 0.15) is 11.6 Å². The maximum Gasteiger partial charge on any atom is 0.253 e. The lowest BCUT2D eigenvalue weighted by Crippen LogP contribution is -2.57. The molecule has 3 unspecified atom stereocenters. The molecule has 3 amide bonds. The predicted molar refractivity (Wildman–Crippen MR) is 179 cm³/mol. The fraction of sp³-hybridized carbons (Fsp3) is 0.457. The van der Waals surface area contributed by atoms with Crippen molar-refractivity contribution in [1.29, 1.82) is 0 Å². The van der Waals surface area contributed by atoms with Crippen molar-refractivity contribution in [2.45, 2.75) is 61.7 Å². The van der Waals surface area contributed by atoms with Gasteiger partial charge in [0.15, 0.2) is 0 Å². The van der Waals surface area contributed by atoms with Crippen LogP contribution in [0.15, 0.2) is 73.8 Å². The van der Waals surface area contributed by atoms with E-state index in [-0.39, 0.29) is 35.7 Å². The molecule has 240 valence electrons. The van der Waals surface area contributed by atoms with Crippen LogP contribution in [0.4, 0.5) is 5.69 Å². The van der Waals surface area contributed by atoms with E-state index in [9.17, 15) is 19.5 Å². The molecular formula is C35H41BrClN3O5. The van der Waals surface area contributed by atoms with Gasteiger partial charge in [-0.1, -0.05) is 82.1 Å². The number of fused-ring (bicyclic) bond motifs is 1. The monoisotopic (exact) mass is 697 g/mol. The normalized spacial score (nSPS) is 26.5. The molecule has 1 spiro atoms. The number of aliphatic hydroxyl groups excluding tert-OH is 1. The Morgan fingerprint density at radius 3 is 2.49 bits per heavy atom. The van der Waals surface area contributed by atoms with Crippen LogP contribution >= 0.6 is 27.5 Å². The molecule has 3 aliphatic heterocycles. The van der Waals surface area contributed by atoms with Crippen LogP contribution in [0.3, 0.4) is 0 Å². The first-order valence-corrected chi connectivity index (χ1v) is 16.8. The summed E-state index contributed by atoms with van der Waals surface area (Å²) in [5, 5.41) is 9.78. The molecular weight excluding hydrogens is 658 g/mol. The summed E-state index contributed by atoms with van der Waals surface area (Å²) < 4.78 is 6.77. The van der Waals surface area contributed by atoms with Gasteiger partial charge in [0.2, 0.25) is 11.8 Å². The second-order valence-corrected chi connectivity index (χ2v) is 13.7. The Bertz CT molecular complexity index is 1420. The Morgan fingerprint density at radius 1 is 1.09 bits per heavy atom. The number of carbonyl (C=O) groups is 3. The quantitative estimate of drug-likeness (QED) is 0.165. The highest BCUT2D eigenvalue weighted by atomic mass is 79.9. The predicted octanol–water partition coefficient (Wildman–Crippen LogP) is 5.29. The van der Waals surface area contributed by atoms with E-state index in [1.54, 1.807) is 32.9 Å². The summed E-state index contributed by atoms with van der Waals surface area (Å²) in [4.78, 5) is 48.5. The van der Waals surface area contributed by atoms with E-state index in [4.69, 9.17) is 16.3 Å². The van der Waals surface area contributed by atoms with Crippen LogP contribution in [0.25, 0.3) is 0 Å². The zero-order valence-electron chi connectivity index (χ0n) is 25.6. The van der Waals surface area contributed by atoms with Crippen molar-refractivity contribution in [2.75, 3.05) is 31.1 Å². The lowest BCUT2D eigenvalue weighted by atomic mass is 9.70. The zero-order chi connectivity index (χ0) is 32.3. The van der Waals surface area contributed by atoms with Crippen molar-refractivity contribution in [3.63, 3.8) is 0 Å². The molecule has 10 heteroatoms. The van der Waals surface area contributed by atoms with Crippen LogP contribution in [-0.4, -0.2) is 81.4 Å². The summed E-state index contributed by atoms with van der Waals surface area (Å²) in [7, 11) is 0. The van der Waals surface area contributed by atoms with Gasteiger partial charge in [-0.2, -0.15) is 0 Å². The van der Waals surface area contributed by atoms with Gasteiger partial charge in [0.25, 0.3) is 5.91 Å². The molecule has 3 saturated heterocycles.